The number of rotatable bonds is 8. The van der Waals surface area contributed by atoms with Crippen LogP contribution in [0.1, 0.15) is 57.1 Å². The smallest absolute Gasteiger partial charge is 0.308 e. The van der Waals surface area contributed by atoms with Gasteiger partial charge >= 0.3 is 5.97 Å². The molecule has 1 aromatic carbocycles. The van der Waals surface area contributed by atoms with Gasteiger partial charge < -0.3 is 20.0 Å². The summed E-state index contributed by atoms with van der Waals surface area (Å²) in [4.78, 5) is 44.7. The van der Waals surface area contributed by atoms with Crippen LogP contribution in [-0.4, -0.2) is 73.0 Å². The quantitative estimate of drug-likeness (QED) is 0.518. The average molecular weight is 513 g/mol. The van der Waals surface area contributed by atoms with Gasteiger partial charge in [0, 0.05) is 17.8 Å². The molecule has 8 heteroatoms. The van der Waals surface area contributed by atoms with Crippen molar-refractivity contribution in [3.63, 3.8) is 0 Å². The second-order valence-corrected chi connectivity index (χ2v) is 12.4. The SMILES string of the molecule is C=CCN(C(=O)C1N([C@H](CO)c2ccccc2)C(=O)[C@@H]2[C@H](C(=O)O)[C@@H]3CC(C)C12S3)C1CCCCC1. The fourth-order valence-corrected chi connectivity index (χ4v) is 9.89. The lowest BCUT2D eigenvalue weighted by Gasteiger charge is -2.44. The molecule has 4 fully saturated rings. The van der Waals surface area contributed by atoms with Gasteiger partial charge in [-0.25, -0.2) is 0 Å². The van der Waals surface area contributed by atoms with Crippen LogP contribution in [0.2, 0.25) is 0 Å². The number of hydrogen-bond acceptors (Lipinski definition) is 5. The second kappa shape index (κ2) is 9.86. The van der Waals surface area contributed by atoms with Gasteiger partial charge in [0.15, 0.2) is 0 Å². The van der Waals surface area contributed by atoms with E-state index >= 15 is 0 Å². The molecular formula is C28H36N2O5S. The van der Waals surface area contributed by atoms with E-state index in [1.54, 1.807) is 22.7 Å². The van der Waals surface area contributed by atoms with Gasteiger partial charge in [-0.15, -0.1) is 18.3 Å². The number of nitrogens with zero attached hydrogens (tertiary/aromatic N) is 2. The van der Waals surface area contributed by atoms with Crippen LogP contribution in [0.25, 0.3) is 0 Å². The minimum atomic E-state index is -0.969. The van der Waals surface area contributed by atoms with Crippen molar-refractivity contribution >= 4 is 29.5 Å². The van der Waals surface area contributed by atoms with E-state index in [4.69, 9.17) is 0 Å². The number of hydrogen-bond donors (Lipinski definition) is 2. The monoisotopic (exact) mass is 512 g/mol. The third-order valence-corrected chi connectivity index (χ3v) is 11.1. The summed E-state index contributed by atoms with van der Waals surface area (Å²) in [5.74, 6) is -3.01. The minimum absolute atomic E-state index is 0.00283. The Labute approximate surface area is 216 Å². The fraction of sp³-hybridized carbons (Fsp3) is 0.607. The van der Waals surface area contributed by atoms with Crippen molar-refractivity contribution in [1.82, 2.24) is 9.80 Å². The van der Waals surface area contributed by atoms with Crippen molar-refractivity contribution in [3.05, 3.63) is 48.6 Å². The molecule has 1 aliphatic carbocycles. The Hall–Kier alpha value is -2.32. The first kappa shape index (κ1) is 25.3. The molecule has 194 valence electrons. The predicted octanol–water partition coefficient (Wildman–Crippen LogP) is 3.49. The molecule has 36 heavy (non-hydrogen) atoms. The van der Waals surface area contributed by atoms with Crippen molar-refractivity contribution in [2.45, 2.75) is 73.6 Å². The number of carbonyl (C=O) groups excluding carboxylic acids is 2. The maximum absolute atomic E-state index is 14.6. The van der Waals surface area contributed by atoms with Gasteiger partial charge in [0.1, 0.15) is 6.04 Å². The van der Waals surface area contributed by atoms with Crippen LogP contribution in [0.4, 0.5) is 0 Å². The Morgan fingerprint density at radius 2 is 1.94 bits per heavy atom. The number of thioether (sulfide) groups is 1. The minimum Gasteiger partial charge on any atom is -0.481 e. The van der Waals surface area contributed by atoms with Crippen LogP contribution in [0.3, 0.4) is 0 Å². The van der Waals surface area contributed by atoms with Crippen molar-refractivity contribution in [1.29, 1.82) is 0 Å². The number of likely N-dealkylation sites (tertiary alicyclic amines) is 1. The standard InChI is InChI=1S/C28H36N2O5S/c1-3-14-29(19-12-8-5-9-13-19)26(33)24-28-17(2)15-21(36-28)22(27(34)35)23(28)25(32)30(24)20(16-31)18-10-6-4-7-11-18/h3-4,6-7,10-11,17,19-24,31H,1,5,8-9,12-16H2,2H3,(H,34,35)/t17?,20-,21+,22-,23+,24?,28?/m1/s1. The molecule has 2 bridgehead atoms. The Kier molecular flexibility index (Phi) is 6.94. The molecule has 3 saturated heterocycles. The lowest BCUT2D eigenvalue weighted by molar-refractivity contribution is -0.150. The Balaban J connectivity index is 1.64. The zero-order valence-corrected chi connectivity index (χ0v) is 21.6. The van der Waals surface area contributed by atoms with Gasteiger partial charge in [-0.1, -0.05) is 62.6 Å². The Morgan fingerprint density at radius 1 is 1.25 bits per heavy atom. The average Bonchev–Trinajstić information content (AvgIpc) is 3.48. The van der Waals surface area contributed by atoms with Crippen molar-refractivity contribution in [2.75, 3.05) is 13.2 Å². The third-order valence-electron chi connectivity index (χ3n) is 9.02. The summed E-state index contributed by atoms with van der Waals surface area (Å²) in [7, 11) is 0. The van der Waals surface area contributed by atoms with Gasteiger partial charge in [-0.05, 0) is 30.7 Å². The maximum atomic E-state index is 14.6. The number of benzene rings is 1. The van der Waals surface area contributed by atoms with Crippen molar-refractivity contribution in [2.24, 2.45) is 17.8 Å². The van der Waals surface area contributed by atoms with Crippen LogP contribution in [-0.2, 0) is 14.4 Å². The molecule has 1 spiro atoms. The van der Waals surface area contributed by atoms with Crippen molar-refractivity contribution < 1.29 is 24.6 Å². The summed E-state index contributed by atoms with van der Waals surface area (Å²) in [6, 6.07) is 7.81. The van der Waals surface area contributed by atoms with Crippen LogP contribution in [0, 0.1) is 17.8 Å². The molecule has 2 amide bonds. The molecule has 4 aliphatic rings. The third kappa shape index (κ3) is 3.71. The van der Waals surface area contributed by atoms with Gasteiger partial charge in [0.25, 0.3) is 0 Å². The zero-order valence-electron chi connectivity index (χ0n) is 20.8. The number of aliphatic hydroxyl groups is 1. The highest BCUT2D eigenvalue weighted by Gasteiger charge is 2.77. The summed E-state index contributed by atoms with van der Waals surface area (Å²) < 4.78 is -0.821. The number of carboxylic acid groups (broad SMARTS) is 1. The van der Waals surface area contributed by atoms with Gasteiger partial charge in [-0.3, -0.25) is 14.4 Å². The number of carbonyl (C=O) groups is 3. The first-order valence-electron chi connectivity index (χ1n) is 13.2. The summed E-state index contributed by atoms with van der Waals surface area (Å²) in [6.07, 6.45) is 7.52. The molecule has 2 N–H and O–H groups in total. The molecular weight excluding hydrogens is 476 g/mol. The molecule has 1 saturated carbocycles. The highest BCUT2D eigenvalue weighted by atomic mass is 32.2. The number of fused-ring (bicyclic) bond motifs is 1. The molecule has 0 radical (unpaired) electrons. The topological polar surface area (TPSA) is 98.2 Å². The Morgan fingerprint density at radius 3 is 2.56 bits per heavy atom. The van der Waals surface area contributed by atoms with E-state index in [1.165, 1.54) is 0 Å². The number of amides is 2. The van der Waals surface area contributed by atoms with Gasteiger partial charge in [0.2, 0.25) is 11.8 Å². The molecule has 1 aromatic rings. The molecule has 5 rings (SSSR count). The first-order valence-corrected chi connectivity index (χ1v) is 14.0. The predicted molar refractivity (Wildman–Crippen MR) is 138 cm³/mol. The summed E-state index contributed by atoms with van der Waals surface area (Å²) >= 11 is 1.54. The molecule has 3 heterocycles. The van der Waals surface area contributed by atoms with Crippen LogP contribution < -0.4 is 0 Å². The first-order chi connectivity index (χ1) is 17.4. The maximum Gasteiger partial charge on any atom is 0.308 e. The fourth-order valence-electron chi connectivity index (χ4n) is 7.49. The van der Waals surface area contributed by atoms with Crippen LogP contribution >= 0.6 is 11.8 Å². The molecule has 7 atom stereocenters. The summed E-state index contributed by atoms with van der Waals surface area (Å²) in [5.41, 5.74) is 0.745. The van der Waals surface area contributed by atoms with E-state index in [0.717, 1.165) is 37.7 Å². The van der Waals surface area contributed by atoms with Crippen molar-refractivity contribution in [3.8, 4) is 0 Å². The van der Waals surface area contributed by atoms with Crippen LogP contribution in [0.15, 0.2) is 43.0 Å². The number of aliphatic hydroxyl groups excluding tert-OH is 1. The lowest BCUT2D eigenvalue weighted by atomic mass is 9.66. The van der Waals surface area contributed by atoms with E-state index < -0.39 is 34.6 Å². The van der Waals surface area contributed by atoms with Crippen LogP contribution in [0.5, 0.6) is 0 Å². The Bertz CT molecular complexity index is 1030. The highest BCUT2D eigenvalue weighted by Crippen LogP contribution is 2.69. The molecule has 0 aromatic heterocycles. The molecule has 3 unspecified atom stereocenters. The summed E-state index contributed by atoms with van der Waals surface area (Å²) in [6.45, 7) is 6.01. The lowest BCUT2D eigenvalue weighted by Crippen LogP contribution is -2.59. The van der Waals surface area contributed by atoms with Gasteiger partial charge in [-0.2, -0.15) is 0 Å². The summed E-state index contributed by atoms with van der Waals surface area (Å²) in [5, 5.41) is 20.5. The van der Waals surface area contributed by atoms with E-state index in [1.807, 2.05) is 35.2 Å². The number of aliphatic carboxylic acids is 1. The van der Waals surface area contributed by atoms with E-state index in [9.17, 15) is 24.6 Å². The highest BCUT2D eigenvalue weighted by molar-refractivity contribution is 8.02. The molecule has 7 nitrogen and oxygen atoms in total. The second-order valence-electron chi connectivity index (χ2n) is 10.8. The molecule has 3 aliphatic heterocycles. The van der Waals surface area contributed by atoms with Gasteiger partial charge in [0.05, 0.1) is 29.2 Å². The number of carboxylic acids is 1. The van der Waals surface area contributed by atoms with E-state index in [2.05, 4.69) is 13.5 Å². The zero-order chi connectivity index (χ0) is 25.6. The normalized spacial score (nSPS) is 34.4. The van der Waals surface area contributed by atoms with E-state index in [0.29, 0.717) is 13.0 Å². The van der Waals surface area contributed by atoms with E-state index in [-0.39, 0.29) is 35.6 Å². The largest absolute Gasteiger partial charge is 0.481 e.